The van der Waals surface area contributed by atoms with Crippen LogP contribution in [-0.4, -0.2) is 40.9 Å². The fourth-order valence-electron chi connectivity index (χ4n) is 2.32. The van der Waals surface area contributed by atoms with E-state index in [-0.39, 0.29) is 22.1 Å². The van der Waals surface area contributed by atoms with Gasteiger partial charge in [0.15, 0.2) is 15.5 Å². The smallest absolute Gasteiger partial charge is 0.358 e. The average molecular weight is 406 g/mol. The molecule has 0 aliphatic carbocycles. The second kappa shape index (κ2) is 7.27. The molecule has 28 heavy (non-hydrogen) atoms. The fourth-order valence-corrected chi connectivity index (χ4v) is 2.88. The molecule has 0 radical (unpaired) electrons. The number of aromatic nitrogens is 3. The molecule has 0 amide bonds. The lowest BCUT2D eigenvalue weighted by Crippen LogP contribution is -2.09. The molecule has 144 valence electrons. The number of nitrogens with one attached hydrogen (secondary N) is 1. The van der Waals surface area contributed by atoms with Crippen molar-refractivity contribution in [2.24, 2.45) is 0 Å². The lowest BCUT2D eigenvalue weighted by molar-refractivity contribution is 0.0690. The van der Waals surface area contributed by atoms with Crippen LogP contribution >= 0.6 is 0 Å². The van der Waals surface area contributed by atoms with Gasteiger partial charge < -0.3 is 10.4 Å². The Labute approximate surface area is 157 Å². The number of rotatable bonds is 5. The van der Waals surface area contributed by atoms with E-state index < -0.39 is 38.7 Å². The largest absolute Gasteiger partial charge is 0.476 e. The number of carboxylic acids is 1. The van der Waals surface area contributed by atoms with Gasteiger partial charge in [-0.05, 0) is 30.3 Å². The van der Waals surface area contributed by atoms with Crippen molar-refractivity contribution in [3.05, 3.63) is 59.9 Å². The molecule has 0 unspecified atom stereocenters. The monoisotopic (exact) mass is 406 g/mol. The van der Waals surface area contributed by atoms with Crippen LogP contribution in [0.3, 0.4) is 0 Å². The lowest BCUT2D eigenvalue weighted by atomic mass is 10.1. The molecule has 0 atom stereocenters. The van der Waals surface area contributed by atoms with Gasteiger partial charge >= 0.3 is 5.97 Å². The number of benzene rings is 1. The number of hydrogen-bond acceptors (Lipinski definition) is 7. The first-order chi connectivity index (χ1) is 13.2. The van der Waals surface area contributed by atoms with Crippen molar-refractivity contribution in [1.29, 1.82) is 0 Å². The van der Waals surface area contributed by atoms with E-state index in [0.717, 1.165) is 30.7 Å². The molecule has 0 aliphatic heterocycles. The Morgan fingerprint density at radius 1 is 1.11 bits per heavy atom. The Kier molecular flexibility index (Phi) is 5.01. The van der Waals surface area contributed by atoms with Crippen LogP contribution in [0.4, 0.5) is 20.3 Å². The first-order valence-corrected chi connectivity index (χ1v) is 9.54. The molecule has 0 fully saturated rings. The van der Waals surface area contributed by atoms with Gasteiger partial charge in [-0.3, -0.25) is 0 Å². The highest BCUT2D eigenvalue weighted by molar-refractivity contribution is 7.90. The molecule has 0 spiro atoms. The number of aromatic carboxylic acids is 1. The van der Waals surface area contributed by atoms with Crippen LogP contribution in [0.5, 0.6) is 0 Å². The van der Waals surface area contributed by atoms with Gasteiger partial charge in [-0.15, -0.1) is 10.2 Å². The van der Waals surface area contributed by atoms with Gasteiger partial charge in [0, 0.05) is 12.5 Å². The minimum atomic E-state index is -3.46. The minimum absolute atomic E-state index is 0.0292. The van der Waals surface area contributed by atoms with Crippen LogP contribution in [0, 0.1) is 11.6 Å². The molecule has 1 aromatic carbocycles. The fraction of sp³-hybridized carbons (Fsp3) is 0.0588. The number of pyridine rings is 1. The highest BCUT2D eigenvalue weighted by atomic mass is 32.2. The van der Waals surface area contributed by atoms with Gasteiger partial charge in [-0.2, -0.15) is 0 Å². The van der Waals surface area contributed by atoms with E-state index in [4.69, 9.17) is 0 Å². The normalized spacial score (nSPS) is 11.2. The molecule has 2 N–H and O–H groups in total. The zero-order chi connectivity index (χ0) is 20.5. The number of halogens is 2. The summed E-state index contributed by atoms with van der Waals surface area (Å²) in [6, 6.07) is 6.94. The summed E-state index contributed by atoms with van der Waals surface area (Å²) in [6.07, 6.45) is 2.10. The van der Waals surface area contributed by atoms with Crippen LogP contribution in [-0.2, 0) is 9.84 Å². The molecule has 3 aromatic rings. The Morgan fingerprint density at radius 2 is 1.79 bits per heavy atom. The Morgan fingerprint density at radius 3 is 2.32 bits per heavy atom. The zero-order valence-electron chi connectivity index (χ0n) is 14.2. The maximum Gasteiger partial charge on any atom is 0.358 e. The van der Waals surface area contributed by atoms with Crippen molar-refractivity contribution in [3.63, 3.8) is 0 Å². The third-order valence-electron chi connectivity index (χ3n) is 3.64. The number of nitrogens with zero attached hydrogens (tertiary/aromatic N) is 3. The van der Waals surface area contributed by atoms with Crippen molar-refractivity contribution < 1.29 is 27.1 Å². The van der Waals surface area contributed by atoms with Gasteiger partial charge in [0.25, 0.3) is 0 Å². The molecule has 2 aromatic heterocycles. The lowest BCUT2D eigenvalue weighted by Gasteiger charge is -2.11. The first kappa shape index (κ1) is 19.3. The van der Waals surface area contributed by atoms with Gasteiger partial charge in [0.05, 0.1) is 16.1 Å². The second-order valence-electron chi connectivity index (χ2n) is 5.67. The SMILES string of the molecule is CS(=O)(=O)c1ccc(Nc2cc(-c3c(F)cccc3F)nnc2C(=O)O)nc1. The Hall–Kier alpha value is -3.47. The van der Waals surface area contributed by atoms with E-state index in [0.29, 0.717) is 0 Å². The minimum Gasteiger partial charge on any atom is -0.476 e. The summed E-state index contributed by atoms with van der Waals surface area (Å²) in [5.74, 6) is -3.11. The molecule has 3 rings (SSSR count). The molecule has 0 bridgehead atoms. The van der Waals surface area contributed by atoms with Crippen LogP contribution in [0.15, 0.2) is 47.5 Å². The molecule has 8 nitrogen and oxygen atoms in total. The third kappa shape index (κ3) is 3.93. The number of sulfone groups is 1. The number of hydrogen-bond donors (Lipinski definition) is 2. The summed E-state index contributed by atoms with van der Waals surface area (Å²) in [6.45, 7) is 0. The predicted octanol–water partition coefficient (Wildman–Crippen LogP) is 2.66. The summed E-state index contributed by atoms with van der Waals surface area (Å²) < 4.78 is 51.0. The molecular weight excluding hydrogens is 394 g/mol. The van der Waals surface area contributed by atoms with E-state index in [1.807, 2.05) is 0 Å². The van der Waals surface area contributed by atoms with Crippen LogP contribution in [0.2, 0.25) is 0 Å². The van der Waals surface area contributed by atoms with Crippen LogP contribution < -0.4 is 5.32 Å². The average Bonchev–Trinajstić information content (AvgIpc) is 2.61. The standard InChI is InChI=1S/C17H12F2N4O4S/c1-28(26,27)9-5-6-14(20-8-9)21-13-7-12(22-23-16(13)17(24)25)15-10(18)3-2-4-11(15)19/h2-8H,1H3,(H,24,25)(H,20,21,22). The van der Waals surface area contributed by atoms with Crippen molar-refractivity contribution in [3.8, 4) is 11.3 Å². The molecule has 0 saturated heterocycles. The van der Waals surface area contributed by atoms with Gasteiger partial charge in [-0.1, -0.05) is 6.07 Å². The topological polar surface area (TPSA) is 122 Å². The summed E-state index contributed by atoms with van der Waals surface area (Å²) in [4.78, 5) is 15.3. The van der Waals surface area contributed by atoms with Gasteiger partial charge in [-0.25, -0.2) is 27.0 Å². The number of carboxylic acid groups (broad SMARTS) is 1. The van der Waals surface area contributed by atoms with Crippen LogP contribution in [0.25, 0.3) is 11.3 Å². The molecule has 0 saturated carbocycles. The third-order valence-corrected chi connectivity index (χ3v) is 4.74. The first-order valence-electron chi connectivity index (χ1n) is 7.65. The highest BCUT2D eigenvalue weighted by Crippen LogP contribution is 2.28. The quantitative estimate of drug-likeness (QED) is 0.663. The Bertz CT molecular complexity index is 1150. The van der Waals surface area contributed by atoms with Gasteiger partial charge in [0.2, 0.25) is 0 Å². The maximum atomic E-state index is 14.0. The molecule has 0 aliphatic rings. The number of anilines is 2. The van der Waals surface area contributed by atoms with Crippen molar-refractivity contribution >= 4 is 27.3 Å². The van der Waals surface area contributed by atoms with Crippen molar-refractivity contribution in [2.45, 2.75) is 4.90 Å². The van der Waals surface area contributed by atoms with E-state index in [1.165, 1.54) is 18.2 Å². The van der Waals surface area contributed by atoms with E-state index in [1.54, 1.807) is 0 Å². The number of carbonyl (C=O) groups is 1. The summed E-state index contributed by atoms with van der Waals surface area (Å²) in [7, 11) is -3.46. The zero-order valence-corrected chi connectivity index (χ0v) is 15.0. The summed E-state index contributed by atoms with van der Waals surface area (Å²) in [5, 5.41) is 19.0. The van der Waals surface area contributed by atoms with Crippen LogP contribution in [0.1, 0.15) is 10.5 Å². The maximum absolute atomic E-state index is 14.0. The van der Waals surface area contributed by atoms with Crippen molar-refractivity contribution in [1.82, 2.24) is 15.2 Å². The highest BCUT2D eigenvalue weighted by Gasteiger charge is 2.19. The van der Waals surface area contributed by atoms with E-state index >= 15 is 0 Å². The Balaban J connectivity index is 2.05. The predicted molar refractivity (Wildman–Crippen MR) is 95.0 cm³/mol. The second-order valence-corrected chi connectivity index (χ2v) is 7.69. The molecule has 2 heterocycles. The van der Waals surface area contributed by atoms with E-state index in [2.05, 4.69) is 20.5 Å². The van der Waals surface area contributed by atoms with E-state index in [9.17, 15) is 27.1 Å². The van der Waals surface area contributed by atoms with Crippen molar-refractivity contribution in [2.75, 3.05) is 11.6 Å². The molecule has 11 heteroatoms. The molecular formula is C17H12F2N4O4S. The summed E-state index contributed by atoms with van der Waals surface area (Å²) in [5.41, 5.74) is -1.32. The summed E-state index contributed by atoms with van der Waals surface area (Å²) >= 11 is 0. The van der Waals surface area contributed by atoms with Gasteiger partial charge in [0.1, 0.15) is 23.1 Å².